The molecule has 2 N–H and O–H groups in total. The minimum Gasteiger partial charge on any atom is -0.323 e. The van der Waals surface area contributed by atoms with Crippen molar-refractivity contribution in [3.63, 3.8) is 0 Å². The summed E-state index contributed by atoms with van der Waals surface area (Å²) < 4.78 is 64.5. The second-order valence-electron chi connectivity index (χ2n) is 4.73. The second kappa shape index (κ2) is 5.27. The van der Waals surface area contributed by atoms with Gasteiger partial charge in [0.05, 0.1) is 21.5 Å². The van der Waals surface area contributed by atoms with Gasteiger partial charge in [-0.25, -0.2) is 18.1 Å². The van der Waals surface area contributed by atoms with Gasteiger partial charge in [-0.2, -0.15) is 13.2 Å². The van der Waals surface area contributed by atoms with Crippen molar-refractivity contribution in [1.29, 1.82) is 0 Å². The molecule has 0 unspecified atom stereocenters. The number of nitrogens with one attached hydrogen (secondary N) is 2. The summed E-state index contributed by atoms with van der Waals surface area (Å²) in [6.07, 6.45) is -4.48. The van der Waals surface area contributed by atoms with E-state index in [4.69, 9.17) is 0 Å². The summed E-state index contributed by atoms with van der Waals surface area (Å²) in [4.78, 5) is 6.49. The molecule has 0 bridgehead atoms. The molecule has 0 saturated carbocycles. The molecular formula is C14H10F3N3O2S. The third kappa shape index (κ3) is 3.14. The maximum absolute atomic E-state index is 12.7. The Balaban J connectivity index is 1.95. The topological polar surface area (TPSA) is 74.8 Å². The molecule has 3 rings (SSSR count). The van der Waals surface area contributed by atoms with Crippen LogP contribution in [0.5, 0.6) is 0 Å². The molecule has 0 aliphatic carbocycles. The van der Waals surface area contributed by atoms with Crippen molar-refractivity contribution in [3.8, 4) is 0 Å². The lowest BCUT2D eigenvalue weighted by molar-refractivity contribution is -0.137. The summed E-state index contributed by atoms with van der Waals surface area (Å²) in [5.74, 6) is -0.150. The predicted octanol–water partition coefficient (Wildman–Crippen LogP) is 3.38. The first kappa shape index (κ1) is 15.3. The number of aromatic amines is 1. The predicted molar refractivity (Wildman–Crippen MR) is 78.3 cm³/mol. The van der Waals surface area contributed by atoms with Gasteiger partial charge < -0.3 is 4.98 Å². The van der Waals surface area contributed by atoms with Gasteiger partial charge in [-0.15, -0.1) is 0 Å². The molecule has 0 atom stereocenters. The Bertz CT molecular complexity index is 950. The zero-order chi connectivity index (χ0) is 16.7. The van der Waals surface area contributed by atoms with E-state index in [9.17, 15) is 21.6 Å². The summed E-state index contributed by atoms with van der Waals surface area (Å²) in [5.41, 5.74) is -0.527. The Kier molecular flexibility index (Phi) is 3.52. The molecule has 0 saturated heterocycles. The number of benzene rings is 2. The second-order valence-corrected chi connectivity index (χ2v) is 6.42. The largest absolute Gasteiger partial charge is 0.416 e. The lowest BCUT2D eigenvalue weighted by Gasteiger charge is -2.05. The van der Waals surface area contributed by atoms with Crippen molar-refractivity contribution >= 4 is 27.0 Å². The van der Waals surface area contributed by atoms with Crippen LogP contribution in [0.4, 0.5) is 19.1 Å². The quantitative estimate of drug-likeness (QED) is 0.767. The monoisotopic (exact) mass is 341 g/mol. The van der Waals surface area contributed by atoms with Crippen molar-refractivity contribution in [2.24, 2.45) is 0 Å². The number of fused-ring (bicyclic) bond motifs is 1. The molecule has 0 spiro atoms. The highest BCUT2D eigenvalue weighted by atomic mass is 32.2. The smallest absolute Gasteiger partial charge is 0.323 e. The zero-order valence-electron chi connectivity index (χ0n) is 11.4. The fourth-order valence-electron chi connectivity index (χ4n) is 2.02. The first-order valence-electron chi connectivity index (χ1n) is 6.40. The number of alkyl halides is 3. The molecule has 0 aliphatic rings. The SMILES string of the molecule is O=S(=O)(Nc1nc2ccc(C(F)(F)F)cc2[nH]1)c1ccccc1. The molecule has 0 aliphatic heterocycles. The summed E-state index contributed by atoms with van der Waals surface area (Å²) in [6.45, 7) is 0. The number of H-pyrrole nitrogens is 1. The maximum Gasteiger partial charge on any atom is 0.416 e. The first-order valence-corrected chi connectivity index (χ1v) is 7.89. The van der Waals surface area contributed by atoms with Gasteiger partial charge in [0.2, 0.25) is 5.95 Å². The van der Waals surface area contributed by atoms with Gasteiger partial charge in [-0.3, -0.25) is 0 Å². The molecule has 0 amide bonds. The minimum absolute atomic E-state index is 0.0245. The first-order chi connectivity index (χ1) is 10.8. The van der Waals surface area contributed by atoms with Crippen LogP contribution < -0.4 is 4.72 Å². The van der Waals surface area contributed by atoms with Crippen molar-refractivity contribution < 1.29 is 21.6 Å². The van der Waals surface area contributed by atoms with Gasteiger partial charge in [0.15, 0.2) is 0 Å². The van der Waals surface area contributed by atoms with Crippen molar-refractivity contribution in [3.05, 3.63) is 54.1 Å². The van der Waals surface area contributed by atoms with E-state index in [0.29, 0.717) is 0 Å². The number of rotatable bonds is 3. The van der Waals surface area contributed by atoms with Crippen LogP contribution in [-0.2, 0) is 16.2 Å². The average Bonchev–Trinajstić information content (AvgIpc) is 2.87. The number of sulfonamides is 1. The summed E-state index contributed by atoms with van der Waals surface area (Å²) in [7, 11) is -3.87. The molecule has 1 heterocycles. The van der Waals surface area contributed by atoms with E-state index in [0.717, 1.165) is 12.1 Å². The van der Waals surface area contributed by atoms with E-state index in [2.05, 4.69) is 14.7 Å². The highest BCUT2D eigenvalue weighted by Gasteiger charge is 2.30. The molecule has 0 fully saturated rings. The van der Waals surface area contributed by atoms with Crippen LogP contribution >= 0.6 is 0 Å². The number of anilines is 1. The fourth-order valence-corrected chi connectivity index (χ4v) is 3.00. The molecular weight excluding hydrogens is 331 g/mol. The number of nitrogens with zero attached hydrogens (tertiary/aromatic N) is 1. The van der Waals surface area contributed by atoms with Crippen LogP contribution in [-0.4, -0.2) is 18.4 Å². The van der Waals surface area contributed by atoms with Crippen LogP contribution in [0, 0.1) is 0 Å². The Morgan fingerprint density at radius 2 is 1.74 bits per heavy atom. The van der Waals surface area contributed by atoms with E-state index >= 15 is 0 Å². The number of hydrogen-bond donors (Lipinski definition) is 2. The number of imidazole rings is 1. The lowest BCUT2D eigenvalue weighted by Crippen LogP contribution is -2.13. The van der Waals surface area contributed by atoms with Gasteiger partial charge in [0, 0.05) is 0 Å². The number of halogens is 3. The molecule has 0 radical (unpaired) electrons. The molecule has 120 valence electrons. The van der Waals surface area contributed by atoms with Crippen molar-refractivity contribution in [1.82, 2.24) is 9.97 Å². The van der Waals surface area contributed by atoms with E-state index in [1.54, 1.807) is 18.2 Å². The lowest BCUT2D eigenvalue weighted by atomic mass is 10.2. The number of hydrogen-bond acceptors (Lipinski definition) is 3. The minimum atomic E-state index is -4.48. The van der Waals surface area contributed by atoms with Gasteiger partial charge in [0.25, 0.3) is 10.0 Å². The fraction of sp³-hybridized carbons (Fsp3) is 0.0714. The van der Waals surface area contributed by atoms with Crippen molar-refractivity contribution in [2.75, 3.05) is 4.72 Å². The molecule has 23 heavy (non-hydrogen) atoms. The third-order valence-corrected chi connectivity index (χ3v) is 4.45. The van der Waals surface area contributed by atoms with Crippen LogP contribution in [0.25, 0.3) is 11.0 Å². The van der Waals surface area contributed by atoms with Gasteiger partial charge in [0.1, 0.15) is 0 Å². The molecule has 5 nitrogen and oxygen atoms in total. The summed E-state index contributed by atoms with van der Waals surface area (Å²) in [5, 5.41) is 0. The van der Waals surface area contributed by atoms with E-state index < -0.39 is 21.8 Å². The maximum atomic E-state index is 12.7. The zero-order valence-corrected chi connectivity index (χ0v) is 12.2. The van der Waals surface area contributed by atoms with E-state index in [1.807, 2.05) is 0 Å². The Hall–Kier alpha value is -2.55. The van der Waals surface area contributed by atoms with Crippen LogP contribution in [0.2, 0.25) is 0 Å². The van der Waals surface area contributed by atoms with E-state index in [1.165, 1.54) is 18.2 Å². The third-order valence-electron chi connectivity index (χ3n) is 3.09. The summed E-state index contributed by atoms with van der Waals surface area (Å²) >= 11 is 0. The normalized spacial score (nSPS) is 12.5. The molecule has 3 aromatic rings. The van der Waals surface area contributed by atoms with Crippen LogP contribution in [0.3, 0.4) is 0 Å². The molecule has 1 aromatic heterocycles. The Morgan fingerprint density at radius 1 is 1.04 bits per heavy atom. The van der Waals surface area contributed by atoms with Gasteiger partial charge in [-0.1, -0.05) is 18.2 Å². The number of aromatic nitrogens is 2. The van der Waals surface area contributed by atoms with Gasteiger partial charge in [-0.05, 0) is 30.3 Å². The van der Waals surface area contributed by atoms with Crippen molar-refractivity contribution in [2.45, 2.75) is 11.1 Å². The van der Waals surface area contributed by atoms with E-state index in [-0.39, 0.29) is 21.9 Å². The standard InChI is InChI=1S/C14H10F3N3O2S/c15-14(16,17)9-6-7-11-12(8-9)19-13(18-11)20-23(21,22)10-4-2-1-3-5-10/h1-8H,(H2,18,19,20). The Labute approximate surface area is 129 Å². The molecule has 9 heteroatoms. The van der Waals surface area contributed by atoms with Crippen LogP contribution in [0.15, 0.2) is 53.4 Å². The highest BCUT2D eigenvalue weighted by Crippen LogP contribution is 2.31. The summed E-state index contributed by atoms with van der Waals surface area (Å²) in [6, 6.07) is 10.5. The Morgan fingerprint density at radius 3 is 2.39 bits per heavy atom. The highest BCUT2D eigenvalue weighted by molar-refractivity contribution is 7.92. The van der Waals surface area contributed by atoms with Gasteiger partial charge >= 0.3 is 6.18 Å². The van der Waals surface area contributed by atoms with Crippen LogP contribution in [0.1, 0.15) is 5.56 Å². The average molecular weight is 341 g/mol. The molecule has 2 aromatic carbocycles.